The lowest BCUT2D eigenvalue weighted by Gasteiger charge is -2.41. The monoisotopic (exact) mass is 270 g/mol. The van der Waals surface area contributed by atoms with E-state index < -0.39 is 0 Å². The molecule has 5 heteroatoms. The first kappa shape index (κ1) is 14.8. The summed E-state index contributed by atoms with van der Waals surface area (Å²) < 4.78 is 5.52. The number of aliphatic hydroxyl groups excluding tert-OH is 1. The van der Waals surface area contributed by atoms with Gasteiger partial charge in [-0.2, -0.15) is 0 Å². The molecule has 1 unspecified atom stereocenters. The quantitative estimate of drug-likeness (QED) is 0.708. The summed E-state index contributed by atoms with van der Waals surface area (Å²) in [5.41, 5.74) is -0.228. The van der Waals surface area contributed by atoms with E-state index in [9.17, 15) is 4.79 Å². The third-order valence-electron chi connectivity index (χ3n) is 4.50. The molecule has 1 aliphatic heterocycles. The van der Waals surface area contributed by atoms with E-state index in [1.807, 2.05) is 0 Å². The molecule has 0 spiro atoms. The third-order valence-corrected chi connectivity index (χ3v) is 4.50. The van der Waals surface area contributed by atoms with E-state index in [1.54, 1.807) is 12.0 Å². The Balaban J connectivity index is 1.87. The van der Waals surface area contributed by atoms with E-state index in [0.717, 1.165) is 32.2 Å². The number of hydrogen-bond donors (Lipinski definition) is 2. The molecule has 0 aromatic heterocycles. The highest BCUT2D eigenvalue weighted by molar-refractivity contribution is 5.77. The largest absolute Gasteiger partial charge is 0.395 e. The van der Waals surface area contributed by atoms with Crippen molar-refractivity contribution in [2.75, 3.05) is 33.4 Å². The van der Waals surface area contributed by atoms with Crippen LogP contribution in [0.1, 0.15) is 38.5 Å². The van der Waals surface area contributed by atoms with Gasteiger partial charge < -0.3 is 20.1 Å². The normalized spacial score (nSPS) is 25.1. The van der Waals surface area contributed by atoms with E-state index in [4.69, 9.17) is 9.84 Å². The van der Waals surface area contributed by atoms with E-state index in [0.29, 0.717) is 25.6 Å². The number of aliphatic hydroxyl groups is 1. The van der Waals surface area contributed by atoms with Gasteiger partial charge in [-0.1, -0.05) is 0 Å². The number of nitrogens with zero attached hydrogens (tertiary/aromatic N) is 1. The van der Waals surface area contributed by atoms with Gasteiger partial charge in [0.2, 0.25) is 5.91 Å². The first-order valence-corrected chi connectivity index (χ1v) is 7.36. The maximum Gasteiger partial charge on any atom is 0.225 e. The van der Waals surface area contributed by atoms with Gasteiger partial charge in [-0.3, -0.25) is 4.79 Å². The molecule has 0 aromatic rings. The Bertz CT molecular complexity index is 294. The van der Waals surface area contributed by atoms with Crippen LogP contribution in [0, 0.1) is 0 Å². The van der Waals surface area contributed by atoms with Gasteiger partial charge in [-0.15, -0.1) is 0 Å². The minimum atomic E-state index is -0.228. The van der Waals surface area contributed by atoms with Crippen LogP contribution in [0.15, 0.2) is 0 Å². The van der Waals surface area contributed by atoms with Crippen molar-refractivity contribution in [1.29, 1.82) is 0 Å². The minimum Gasteiger partial charge on any atom is -0.395 e. The fourth-order valence-electron chi connectivity index (χ4n) is 3.03. The average molecular weight is 270 g/mol. The highest BCUT2D eigenvalue weighted by Crippen LogP contribution is 2.38. The molecule has 2 fully saturated rings. The number of nitrogens with one attached hydrogen (secondary N) is 1. The lowest BCUT2D eigenvalue weighted by molar-refractivity contribution is -0.144. The number of carbonyl (C=O) groups is 1. The van der Waals surface area contributed by atoms with Gasteiger partial charge in [-0.25, -0.2) is 0 Å². The van der Waals surface area contributed by atoms with Crippen molar-refractivity contribution in [3.8, 4) is 0 Å². The maximum absolute atomic E-state index is 12.4. The number of rotatable bonds is 7. The summed E-state index contributed by atoms with van der Waals surface area (Å²) in [6, 6.07) is 0.385. The predicted octanol–water partition coefficient (Wildman–Crippen LogP) is 0.518. The molecule has 1 atom stereocenters. The summed E-state index contributed by atoms with van der Waals surface area (Å²) in [6.07, 6.45) is 5.84. The Morgan fingerprint density at radius 3 is 2.74 bits per heavy atom. The molecule has 2 rings (SSSR count). The number of methoxy groups -OCH3 is 1. The smallest absolute Gasteiger partial charge is 0.225 e. The summed E-state index contributed by atoms with van der Waals surface area (Å²) in [6.45, 7) is 2.20. The molecule has 1 saturated carbocycles. The van der Waals surface area contributed by atoms with Gasteiger partial charge in [0.1, 0.15) is 0 Å². The maximum atomic E-state index is 12.4. The fourth-order valence-corrected chi connectivity index (χ4v) is 3.03. The van der Waals surface area contributed by atoms with Crippen LogP contribution in [0.5, 0.6) is 0 Å². The third kappa shape index (κ3) is 3.68. The van der Waals surface area contributed by atoms with Crippen LogP contribution in [0.4, 0.5) is 0 Å². The van der Waals surface area contributed by atoms with Crippen molar-refractivity contribution in [2.24, 2.45) is 0 Å². The predicted molar refractivity (Wildman–Crippen MR) is 72.9 cm³/mol. The summed E-state index contributed by atoms with van der Waals surface area (Å²) in [5, 5.41) is 12.5. The summed E-state index contributed by atoms with van der Waals surface area (Å²) in [7, 11) is 1.70. The molecule has 1 amide bonds. The summed E-state index contributed by atoms with van der Waals surface area (Å²) in [5.74, 6) is 0.115. The van der Waals surface area contributed by atoms with Crippen molar-refractivity contribution in [2.45, 2.75) is 50.2 Å². The standard InChI is InChI=1S/C14H26N2O3/c1-19-14(5-3-6-14)10-13(18)16(8-9-17)11-12-4-2-7-15-12/h12,15,17H,2-11H2,1H3. The van der Waals surface area contributed by atoms with Crippen LogP contribution in [0.2, 0.25) is 0 Å². The van der Waals surface area contributed by atoms with Crippen LogP contribution in [-0.2, 0) is 9.53 Å². The molecular formula is C14H26N2O3. The lowest BCUT2D eigenvalue weighted by Crippen LogP contribution is -2.48. The molecule has 110 valence electrons. The van der Waals surface area contributed by atoms with Crippen molar-refractivity contribution >= 4 is 5.91 Å². The molecule has 1 aliphatic carbocycles. The zero-order valence-electron chi connectivity index (χ0n) is 11.9. The molecule has 2 N–H and O–H groups in total. The zero-order valence-corrected chi connectivity index (χ0v) is 11.9. The highest BCUT2D eigenvalue weighted by Gasteiger charge is 2.40. The molecule has 0 radical (unpaired) electrons. The fraction of sp³-hybridized carbons (Fsp3) is 0.929. The first-order chi connectivity index (χ1) is 9.19. The first-order valence-electron chi connectivity index (χ1n) is 7.36. The van der Waals surface area contributed by atoms with E-state index in [2.05, 4.69) is 5.32 Å². The molecule has 0 aromatic carbocycles. The van der Waals surface area contributed by atoms with E-state index in [1.165, 1.54) is 6.42 Å². The van der Waals surface area contributed by atoms with Gasteiger partial charge in [0.15, 0.2) is 0 Å². The molecule has 19 heavy (non-hydrogen) atoms. The van der Waals surface area contributed by atoms with Crippen molar-refractivity contribution in [1.82, 2.24) is 10.2 Å². The van der Waals surface area contributed by atoms with Gasteiger partial charge >= 0.3 is 0 Å². The number of carbonyl (C=O) groups excluding carboxylic acids is 1. The molecule has 1 heterocycles. The summed E-state index contributed by atoms with van der Waals surface area (Å²) >= 11 is 0. The lowest BCUT2D eigenvalue weighted by atomic mass is 9.77. The molecule has 1 saturated heterocycles. The second kappa shape index (κ2) is 6.68. The Labute approximate surface area is 115 Å². The van der Waals surface area contributed by atoms with Gasteiger partial charge in [0, 0.05) is 26.2 Å². The van der Waals surface area contributed by atoms with Crippen LogP contribution >= 0.6 is 0 Å². The molecular weight excluding hydrogens is 244 g/mol. The Hall–Kier alpha value is -0.650. The van der Waals surface area contributed by atoms with E-state index >= 15 is 0 Å². The average Bonchev–Trinajstić information content (AvgIpc) is 2.86. The number of ether oxygens (including phenoxy) is 1. The SMILES string of the molecule is COC1(CC(=O)N(CCO)CC2CCCN2)CCC1. The Morgan fingerprint density at radius 2 is 2.26 bits per heavy atom. The Kier molecular flexibility index (Phi) is 5.19. The zero-order chi connectivity index (χ0) is 13.7. The second-order valence-corrected chi connectivity index (χ2v) is 5.77. The molecule has 2 aliphatic rings. The minimum absolute atomic E-state index is 0.0262. The molecule has 0 bridgehead atoms. The summed E-state index contributed by atoms with van der Waals surface area (Å²) in [4.78, 5) is 14.2. The Morgan fingerprint density at radius 1 is 1.47 bits per heavy atom. The topological polar surface area (TPSA) is 61.8 Å². The van der Waals surface area contributed by atoms with Crippen LogP contribution in [-0.4, -0.2) is 60.9 Å². The number of hydrogen-bond acceptors (Lipinski definition) is 4. The van der Waals surface area contributed by atoms with Crippen molar-refractivity contribution < 1.29 is 14.6 Å². The van der Waals surface area contributed by atoms with E-state index in [-0.39, 0.29) is 18.1 Å². The van der Waals surface area contributed by atoms with Crippen molar-refractivity contribution in [3.05, 3.63) is 0 Å². The highest BCUT2D eigenvalue weighted by atomic mass is 16.5. The van der Waals surface area contributed by atoms with Crippen LogP contribution < -0.4 is 5.32 Å². The molecule has 5 nitrogen and oxygen atoms in total. The van der Waals surface area contributed by atoms with Crippen LogP contribution in [0.3, 0.4) is 0 Å². The van der Waals surface area contributed by atoms with Crippen molar-refractivity contribution in [3.63, 3.8) is 0 Å². The van der Waals surface area contributed by atoms with Gasteiger partial charge in [0.05, 0.1) is 18.6 Å². The number of amides is 1. The van der Waals surface area contributed by atoms with Crippen LogP contribution in [0.25, 0.3) is 0 Å². The van der Waals surface area contributed by atoms with Gasteiger partial charge in [-0.05, 0) is 38.6 Å². The second-order valence-electron chi connectivity index (χ2n) is 5.77. The van der Waals surface area contributed by atoms with Gasteiger partial charge in [0.25, 0.3) is 0 Å².